The van der Waals surface area contributed by atoms with Crippen LogP contribution in [0.1, 0.15) is 5.56 Å². The van der Waals surface area contributed by atoms with Crippen LogP contribution in [0.25, 0.3) is 10.9 Å². The Morgan fingerprint density at radius 2 is 2.00 bits per heavy atom. The third-order valence-electron chi connectivity index (χ3n) is 4.70. The van der Waals surface area contributed by atoms with Gasteiger partial charge in [0.05, 0.1) is 35.8 Å². The second kappa shape index (κ2) is 8.60. The number of nitrogens with zero attached hydrogens (tertiary/aromatic N) is 4. The fraction of sp³-hybridized carbons (Fsp3) is 0.182. The third-order valence-corrected chi connectivity index (χ3v) is 4.70. The molecule has 0 saturated carbocycles. The maximum absolute atomic E-state index is 12.7. The van der Waals surface area contributed by atoms with Gasteiger partial charge in [-0.15, -0.1) is 0 Å². The molecular weight excluding hydrogens is 382 g/mol. The molecule has 2 heterocycles. The summed E-state index contributed by atoms with van der Waals surface area (Å²) in [4.78, 5) is 33.6. The molecule has 4 rings (SSSR count). The first kappa shape index (κ1) is 19.4. The molecule has 0 atom stereocenters. The molecule has 0 radical (unpaired) electrons. The maximum Gasteiger partial charge on any atom is 0.261 e. The number of para-hydroxylation sites is 3. The van der Waals surface area contributed by atoms with Gasteiger partial charge in [-0.3, -0.25) is 14.2 Å². The SMILES string of the molecule is Cc1cccc2c(=O)n(CC(=O)Nc3ccccc3OCCn3ccnc3)cnc12. The highest BCUT2D eigenvalue weighted by Crippen LogP contribution is 2.23. The number of imidazole rings is 1. The minimum Gasteiger partial charge on any atom is -0.490 e. The molecule has 30 heavy (non-hydrogen) atoms. The molecule has 0 unspecified atom stereocenters. The number of amides is 1. The third kappa shape index (κ3) is 4.22. The summed E-state index contributed by atoms with van der Waals surface area (Å²) >= 11 is 0. The van der Waals surface area contributed by atoms with Crippen LogP contribution >= 0.6 is 0 Å². The molecule has 0 saturated heterocycles. The van der Waals surface area contributed by atoms with Gasteiger partial charge in [-0.25, -0.2) is 9.97 Å². The minimum atomic E-state index is -0.337. The number of ether oxygens (including phenoxy) is 1. The van der Waals surface area contributed by atoms with E-state index in [1.165, 1.54) is 10.9 Å². The molecule has 152 valence electrons. The van der Waals surface area contributed by atoms with Gasteiger partial charge in [-0.2, -0.15) is 0 Å². The van der Waals surface area contributed by atoms with Crippen LogP contribution in [0.5, 0.6) is 5.75 Å². The quantitative estimate of drug-likeness (QED) is 0.512. The number of hydrogen-bond acceptors (Lipinski definition) is 5. The highest BCUT2D eigenvalue weighted by molar-refractivity contribution is 5.92. The van der Waals surface area contributed by atoms with Gasteiger partial charge in [-0.05, 0) is 30.7 Å². The number of aryl methyl sites for hydroxylation is 1. The number of benzene rings is 2. The lowest BCUT2D eigenvalue weighted by atomic mass is 10.1. The molecular formula is C22H21N5O3. The summed E-state index contributed by atoms with van der Waals surface area (Å²) in [5.74, 6) is 0.224. The number of carbonyl (C=O) groups excluding carboxylic acids is 1. The molecule has 0 aliphatic heterocycles. The second-order valence-electron chi connectivity index (χ2n) is 6.84. The van der Waals surface area contributed by atoms with Crippen LogP contribution in [0.15, 0.2) is 72.3 Å². The van der Waals surface area contributed by atoms with Crippen LogP contribution in [-0.4, -0.2) is 31.6 Å². The molecule has 0 aliphatic carbocycles. The largest absolute Gasteiger partial charge is 0.490 e. The molecule has 1 N–H and O–H groups in total. The smallest absolute Gasteiger partial charge is 0.261 e. The van der Waals surface area contributed by atoms with E-state index in [0.29, 0.717) is 35.5 Å². The highest BCUT2D eigenvalue weighted by atomic mass is 16.5. The fourth-order valence-corrected chi connectivity index (χ4v) is 3.17. The van der Waals surface area contributed by atoms with Crippen molar-refractivity contribution in [3.8, 4) is 5.75 Å². The number of anilines is 1. The minimum absolute atomic E-state index is 0.140. The van der Waals surface area contributed by atoms with Crippen molar-refractivity contribution in [2.75, 3.05) is 11.9 Å². The topological polar surface area (TPSA) is 91.0 Å². The number of rotatable bonds is 7. The molecule has 0 spiro atoms. The summed E-state index contributed by atoms with van der Waals surface area (Å²) in [7, 11) is 0. The first-order valence-corrected chi connectivity index (χ1v) is 9.54. The Morgan fingerprint density at radius 1 is 1.13 bits per heavy atom. The van der Waals surface area contributed by atoms with Crippen molar-refractivity contribution in [3.05, 3.63) is 83.4 Å². The van der Waals surface area contributed by atoms with Crippen LogP contribution in [0, 0.1) is 6.92 Å². The summed E-state index contributed by atoms with van der Waals surface area (Å²) in [5.41, 5.74) is 1.87. The highest BCUT2D eigenvalue weighted by Gasteiger charge is 2.11. The van der Waals surface area contributed by atoms with Crippen molar-refractivity contribution in [1.82, 2.24) is 19.1 Å². The van der Waals surface area contributed by atoms with Crippen molar-refractivity contribution in [2.24, 2.45) is 0 Å². The molecule has 0 bridgehead atoms. The van der Waals surface area contributed by atoms with E-state index < -0.39 is 0 Å². The number of aromatic nitrogens is 4. The standard InChI is InChI=1S/C22H21N5O3/c1-16-5-4-6-17-21(16)24-15-27(22(17)29)13-20(28)25-18-7-2-3-8-19(18)30-12-11-26-10-9-23-14-26/h2-10,14-15H,11-13H2,1H3,(H,25,28). The van der Waals surface area contributed by atoms with Crippen molar-refractivity contribution in [1.29, 1.82) is 0 Å². The molecule has 0 aliphatic rings. The first-order valence-electron chi connectivity index (χ1n) is 9.54. The van der Waals surface area contributed by atoms with E-state index in [-0.39, 0.29) is 18.0 Å². The lowest BCUT2D eigenvalue weighted by Crippen LogP contribution is -2.28. The zero-order chi connectivity index (χ0) is 20.9. The average Bonchev–Trinajstić information content (AvgIpc) is 3.25. The lowest BCUT2D eigenvalue weighted by molar-refractivity contribution is -0.116. The van der Waals surface area contributed by atoms with Crippen molar-refractivity contribution >= 4 is 22.5 Å². The Hall–Kier alpha value is -3.94. The summed E-state index contributed by atoms with van der Waals surface area (Å²) in [5, 5.41) is 3.31. The Labute approximate surface area is 172 Å². The van der Waals surface area contributed by atoms with Crippen molar-refractivity contribution in [2.45, 2.75) is 20.0 Å². The molecule has 0 fully saturated rings. The molecule has 2 aromatic carbocycles. The van der Waals surface area contributed by atoms with Crippen LogP contribution in [-0.2, 0) is 17.9 Å². The van der Waals surface area contributed by atoms with Gasteiger partial charge in [-0.1, -0.05) is 24.3 Å². The summed E-state index contributed by atoms with van der Waals surface area (Å²) in [6.45, 7) is 2.82. The van der Waals surface area contributed by atoms with Gasteiger partial charge < -0.3 is 14.6 Å². The fourth-order valence-electron chi connectivity index (χ4n) is 3.17. The Balaban J connectivity index is 1.45. The summed E-state index contributed by atoms with van der Waals surface area (Å²) < 4.78 is 9.02. The van der Waals surface area contributed by atoms with Crippen LogP contribution in [0.2, 0.25) is 0 Å². The molecule has 8 nitrogen and oxygen atoms in total. The van der Waals surface area contributed by atoms with Crippen LogP contribution in [0.4, 0.5) is 5.69 Å². The molecule has 4 aromatic rings. The number of hydrogen-bond donors (Lipinski definition) is 1. The summed E-state index contributed by atoms with van der Waals surface area (Å²) in [6, 6.07) is 12.6. The van der Waals surface area contributed by atoms with Gasteiger partial charge in [0, 0.05) is 12.4 Å². The zero-order valence-electron chi connectivity index (χ0n) is 16.5. The van der Waals surface area contributed by atoms with Gasteiger partial charge in [0.1, 0.15) is 18.9 Å². The van der Waals surface area contributed by atoms with Gasteiger partial charge in [0.25, 0.3) is 5.56 Å². The van der Waals surface area contributed by atoms with Gasteiger partial charge >= 0.3 is 0 Å². The summed E-state index contributed by atoms with van der Waals surface area (Å²) in [6.07, 6.45) is 6.69. The monoisotopic (exact) mass is 403 g/mol. The normalized spacial score (nSPS) is 10.8. The predicted molar refractivity (Wildman–Crippen MR) is 114 cm³/mol. The Morgan fingerprint density at radius 3 is 2.83 bits per heavy atom. The lowest BCUT2D eigenvalue weighted by Gasteiger charge is -2.13. The van der Waals surface area contributed by atoms with E-state index in [2.05, 4.69) is 15.3 Å². The molecule has 8 heteroatoms. The zero-order valence-corrected chi connectivity index (χ0v) is 16.5. The van der Waals surface area contributed by atoms with E-state index in [9.17, 15) is 9.59 Å². The van der Waals surface area contributed by atoms with Crippen LogP contribution in [0.3, 0.4) is 0 Å². The van der Waals surface area contributed by atoms with Crippen molar-refractivity contribution in [3.63, 3.8) is 0 Å². The maximum atomic E-state index is 12.7. The molecule has 2 aromatic heterocycles. The van der Waals surface area contributed by atoms with Gasteiger partial charge in [0.15, 0.2) is 0 Å². The van der Waals surface area contributed by atoms with Crippen molar-refractivity contribution < 1.29 is 9.53 Å². The van der Waals surface area contributed by atoms with E-state index in [1.54, 1.807) is 30.7 Å². The first-order chi connectivity index (χ1) is 14.6. The Kier molecular flexibility index (Phi) is 5.56. The van der Waals surface area contributed by atoms with E-state index >= 15 is 0 Å². The second-order valence-corrected chi connectivity index (χ2v) is 6.84. The average molecular weight is 403 g/mol. The van der Waals surface area contributed by atoms with Gasteiger partial charge in [0.2, 0.25) is 5.91 Å². The Bertz CT molecular complexity index is 1230. The molecule has 1 amide bonds. The number of fused-ring (bicyclic) bond motifs is 1. The van der Waals surface area contributed by atoms with E-state index in [0.717, 1.165) is 5.56 Å². The number of nitrogens with one attached hydrogen (secondary N) is 1. The van der Waals surface area contributed by atoms with Crippen LogP contribution < -0.4 is 15.6 Å². The number of carbonyl (C=O) groups is 1. The van der Waals surface area contributed by atoms with E-state index in [4.69, 9.17) is 4.74 Å². The van der Waals surface area contributed by atoms with E-state index in [1.807, 2.05) is 42.0 Å². The predicted octanol–water partition coefficient (Wildman–Crippen LogP) is 2.62.